The van der Waals surface area contributed by atoms with Crippen molar-refractivity contribution < 1.29 is 14.6 Å². The zero-order valence-corrected chi connectivity index (χ0v) is 16.2. The molecule has 2 aliphatic heterocycles. The molecule has 1 N–H and O–H groups in total. The highest BCUT2D eigenvalue weighted by molar-refractivity contribution is 7.72. The lowest BCUT2D eigenvalue weighted by atomic mass is 10.1. The van der Waals surface area contributed by atoms with Crippen LogP contribution in [0.25, 0.3) is 0 Å². The van der Waals surface area contributed by atoms with Crippen molar-refractivity contribution in [1.29, 1.82) is 0 Å². The summed E-state index contributed by atoms with van der Waals surface area (Å²) in [6.45, 7) is 7.23. The molecule has 1 unspecified atom stereocenters. The summed E-state index contributed by atoms with van der Waals surface area (Å²) in [4.78, 5) is 8.22. The highest BCUT2D eigenvalue weighted by Crippen LogP contribution is 2.39. The largest absolute Gasteiger partial charge is 0.388 e. The first-order valence-electron chi connectivity index (χ1n) is 8.09. The molecule has 0 saturated carbocycles. The second kappa shape index (κ2) is 7.44. The zero-order chi connectivity index (χ0) is 18.1. The number of nitrogens with zero attached hydrogens (tertiary/aromatic N) is 3. The van der Waals surface area contributed by atoms with Gasteiger partial charge in [0.1, 0.15) is 23.9 Å². The molecule has 4 atom stereocenters. The van der Waals surface area contributed by atoms with E-state index in [4.69, 9.17) is 9.47 Å². The van der Waals surface area contributed by atoms with Crippen LogP contribution in [0.5, 0.6) is 0 Å². The van der Waals surface area contributed by atoms with Crippen LogP contribution in [0.3, 0.4) is 0 Å². The lowest BCUT2D eigenvalue weighted by Gasteiger charge is -2.33. The number of amidine groups is 1. The van der Waals surface area contributed by atoms with Gasteiger partial charge in [0.25, 0.3) is 0 Å². The van der Waals surface area contributed by atoms with Gasteiger partial charge in [-0.3, -0.25) is 0 Å². The van der Waals surface area contributed by atoms with E-state index in [0.29, 0.717) is 5.82 Å². The Bertz CT molecular complexity index is 582. The second-order valence-electron chi connectivity index (χ2n) is 7.21. The standard InChI is InChI=1S/C17H30N3O3P/c1-12-18-14(19(2)3)8-10-20(12)17-16(22-4)15(21)13(23-17)9-11-24(5,6)7/h8,10,13,15-17,21H,1,5,9,11H2,2-4,6-7H3/t13-,15-,16-,17?/m1/s1. The van der Waals surface area contributed by atoms with Crippen molar-refractivity contribution in [2.45, 2.75) is 31.0 Å². The van der Waals surface area contributed by atoms with E-state index in [-0.39, 0.29) is 6.10 Å². The molecule has 6 nitrogen and oxygen atoms in total. The number of aliphatic hydroxyl groups is 1. The average molecular weight is 355 g/mol. The lowest BCUT2D eigenvalue weighted by molar-refractivity contribution is -0.0698. The molecule has 0 bridgehead atoms. The molecular formula is C17H30N3O3P. The third-order valence-corrected chi connectivity index (χ3v) is 5.73. The van der Waals surface area contributed by atoms with E-state index in [9.17, 15) is 5.11 Å². The number of hydrogen-bond donors (Lipinski definition) is 1. The summed E-state index contributed by atoms with van der Waals surface area (Å²) in [7, 11) is 5.45. The number of aliphatic imine (C=N–C) groups is 1. The molecule has 0 radical (unpaired) electrons. The Kier molecular flexibility index (Phi) is 5.97. The molecule has 1 saturated heterocycles. The lowest BCUT2D eigenvalue weighted by Crippen LogP contribution is -2.43. The van der Waals surface area contributed by atoms with Crippen LogP contribution in [-0.2, 0) is 9.47 Å². The quantitative estimate of drug-likeness (QED) is 0.757. The van der Waals surface area contributed by atoms with E-state index in [1.165, 1.54) is 0 Å². The number of aliphatic hydroxyl groups excluding tert-OH is 1. The van der Waals surface area contributed by atoms with Gasteiger partial charge in [0, 0.05) is 27.4 Å². The van der Waals surface area contributed by atoms with Gasteiger partial charge in [-0.25, -0.2) is 4.99 Å². The minimum atomic E-state index is -1.16. The molecule has 24 heavy (non-hydrogen) atoms. The van der Waals surface area contributed by atoms with Crippen molar-refractivity contribution in [3.8, 4) is 0 Å². The summed E-state index contributed by atoms with van der Waals surface area (Å²) in [5.41, 5.74) is 0. The summed E-state index contributed by atoms with van der Waals surface area (Å²) in [5.74, 6) is 1.40. The maximum Gasteiger partial charge on any atom is 0.164 e. The Labute approximate surface area is 145 Å². The molecule has 1 fully saturated rings. The van der Waals surface area contributed by atoms with Crippen LogP contribution in [-0.4, -0.2) is 92.3 Å². The van der Waals surface area contributed by atoms with E-state index in [1.807, 2.05) is 36.2 Å². The van der Waals surface area contributed by atoms with Gasteiger partial charge >= 0.3 is 0 Å². The molecule has 2 aliphatic rings. The summed E-state index contributed by atoms with van der Waals surface area (Å²) in [6.07, 6.45) is 7.94. The minimum Gasteiger partial charge on any atom is -0.388 e. The highest BCUT2D eigenvalue weighted by Gasteiger charge is 2.46. The van der Waals surface area contributed by atoms with E-state index >= 15 is 0 Å². The number of rotatable bonds is 5. The van der Waals surface area contributed by atoms with Crippen molar-refractivity contribution in [2.24, 2.45) is 4.99 Å². The fraction of sp³-hybridized carbons (Fsp3) is 0.647. The number of ether oxygens (including phenoxy) is 2. The molecule has 2 rings (SSSR count). The van der Waals surface area contributed by atoms with Gasteiger partial charge < -0.3 is 24.4 Å². The Balaban J connectivity index is 2.11. The Morgan fingerprint density at radius 2 is 2.12 bits per heavy atom. The van der Waals surface area contributed by atoms with Crippen LogP contribution in [0.2, 0.25) is 0 Å². The molecule has 7 heteroatoms. The second-order valence-corrected chi connectivity index (χ2v) is 11.5. The first-order chi connectivity index (χ1) is 11.1. The minimum absolute atomic E-state index is 0.263. The maximum absolute atomic E-state index is 10.6. The SMILES string of the molecule is C=C1N=C(N(C)C)C=CN1C1O[C@H](CCP(=C)(C)C)[C@@H](O)[C@H]1OC. The predicted octanol–water partition coefficient (Wildman–Crippen LogP) is 1.45. The van der Waals surface area contributed by atoms with Gasteiger partial charge in [0.2, 0.25) is 0 Å². The van der Waals surface area contributed by atoms with E-state index in [0.717, 1.165) is 18.4 Å². The first kappa shape index (κ1) is 19.3. The van der Waals surface area contributed by atoms with Crippen LogP contribution in [0.15, 0.2) is 29.7 Å². The Hall–Kier alpha value is -1.07. The summed E-state index contributed by atoms with van der Waals surface area (Å²) >= 11 is 0. The van der Waals surface area contributed by atoms with Crippen LogP contribution in [0.4, 0.5) is 0 Å². The molecule has 0 aromatic heterocycles. The van der Waals surface area contributed by atoms with Crippen LogP contribution in [0, 0.1) is 0 Å². The summed E-state index contributed by atoms with van der Waals surface area (Å²) in [5, 5.41) is 10.6. The molecule has 0 aromatic rings. The van der Waals surface area contributed by atoms with E-state index in [2.05, 4.69) is 31.2 Å². The fourth-order valence-corrected chi connectivity index (χ4v) is 3.81. The molecule has 0 spiro atoms. The smallest absolute Gasteiger partial charge is 0.164 e. The molecular weight excluding hydrogens is 325 g/mol. The van der Waals surface area contributed by atoms with Gasteiger partial charge in [0.15, 0.2) is 6.23 Å². The Morgan fingerprint density at radius 1 is 1.46 bits per heavy atom. The third-order valence-electron chi connectivity index (χ3n) is 4.26. The van der Waals surface area contributed by atoms with Crippen molar-refractivity contribution in [2.75, 3.05) is 40.7 Å². The average Bonchev–Trinajstić information content (AvgIpc) is 2.80. The molecule has 0 amide bonds. The molecule has 2 heterocycles. The van der Waals surface area contributed by atoms with Gasteiger partial charge in [-0.15, -0.1) is 13.2 Å². The number of likely N-dealkylation sites (N-methyl/N-ethyl adjacent to an activating group) is 1. The van der Waals surface area contributed by atoms with Crippen LogP contribution in [0.1, 0.15) is 6.42 Å². The van der Waals surface area contributed by atoms with E-state index in [1.54, 1.807) is 7.11 Å². The normalized spacial score (nSPS) is 30.7. The van der Waals surface area contributed by atoms with E-state index < -0.39 is 25.3 Å². The Morgan fingerprint density at radius 3 is 2.62 bits per heavy atom. The van der Waals surface area contributed by atoms with Crippen molar-refractivity contribution in [1.82, 2.24) is 9.80 Å². The third kappa shape index (κ3) is 4.31. The van der Waals surface area contributed by atoms with Crippen molar-refractivity contribution in [3.63, 3.8) is 0 Å². The topological polar surface area (TPSA) is 57.5 Å². The maximum atomic E-state index is 10.6. The van der Waals surface area contributed by atoms with Gasteiger partial charge in [-0.2, -0.15) is 0 Å². The van der Waals surface area contributed by atoms with Gasteiger partial charge in [0.05, 0.1) is 6.10 Å². The molecule has 0 aromatic carbocycles. The highest BCUT2D eigenvalue weighted by atomic mass is 31.2. The van der Waals surface area contributed by atoms with Crippen LogP contribution >= 0.6 is 6.89 Å². The number of methoxy groups -OCH3 is 1. The molecule has 136 valence electrons. The molecule has 0 aliphatic carbocycles. The first-order valence-corrected chi connectivity index (χ1v) is 11.1. The summed E-state index contributed by atoms with van der Waals surface area (Å²) < 4.78 is 11.6. The van der Waals surface area contributed by atoms with Crippen LogP contribution < -0.4 is 0 Å². The summed E-state index contributed by atoms with van der Waals surface area (Å²) in [6, 6.07) is 0. The van der Waals surface area contributed by atoms with Crippen molar-refractivity contribution in [3.05, 3.63) is 24.7 Å². The zero-order valence-electron chi connectivity index (χ0n) is 15.3. The number of hydrogen-bond acceptors (Lipinski definition) is 6. The van der Waals surface area contributed by atoms with Gasteiger partial charge in [-0.1, -0.05) is 6.58 Å². The monoisotopic (exact) mass is 355 g/mol. The fourth-order valence-electron chi connectivity index (χ4n) is 2.85. The van der Waals surface area contributed by atoms with Crippen molar-refractivity contribution >= 4 is 19.0 Å². The van der Waals surface area contributed by atoms with Gasteiger partial charge in [-0.05, 0) is 32.0 Å². The predicted molar refractivity (Wildman–Crippen MR) is 102 cm³/mol.